The van der Waals surface area contributed by atoms with Crippen molar-refractivity contribution in [3.05, 3.63) is 81.0 Å². The van der Waals surface area contributed by atoms with Crippen molar-refractivity contribution in [1.82, 2.24) is 24.5 Å². The lowest BCUT2D eigenvalue weighted by atomic mass is 9.95. The number of hydrogen-bond acceptors (Lipinski definition) is 5. The molecule has 0 spiro atoms. The topological polar surface area (TPSA) is 134 Å². The third-order valence-corrected chi connectivity index (χ3v) is 7.30. The molecule has 0 unspecified atom stereocenters. The van der Waals surface area contributed by atoms with Crippen LogP contribution in [-0.2, 0) is 11.3 Å². The number of para-hydroxylation sites is 1. The van der Waals surface area contributed by atoms with Crippen molar-refractivity contribution < 1.29 is 9.90 Å². The predicted octanol–water partition coefficient (Wildman–Crippen LogP) is 5.23. The van der Waals surface area contributed by atoms with Gasteiger partial charge in [-0.25, -0.2) is 9.78 Å². The second kappa shape index (κ2) is 9.83. The van der Waals surface area contributed by atoms with E-state index in [1.807, 2.05) is 35.8 Å². The monoisotopic (exact) mass is 521 g/mol. The van der Waals surface area contributed by atoms with Gasteiger partial charge in [-0.2, -0.15) is 4.98 Å². The Labute approximate surface area is 222 Å². The normalized spacial score (nSPS) is 11.7. The summed E-state index contributed by atoms with van der Waals surface area (Å²) in [6.07, 6.45) is 3.08. The SMILES string of the molecule is Cc1cc2nc3c(=O)[nH]c(=O)nc-3n(CCCCCCC(=O)O)c2cc1-c1cccc2[nH]c3ccccc3c12. The van der Waals surface area contributed by atoms with Crippen molar-refractivity contribution >= 4 is 38.8 Å². The number of carboxylic acids is 1. The molecule has 9 nitrogen and oxygen atoms in total. The van der Waals surface area contributed by atoms with Gasteiger partial charge in [-0.3, -0.25) is 14.6 Å². The predicted molar refractivity (Wildman–Crippen MR) is 151 cm³/mol. The molecule has 6 rings (SSSR count). The standard InChI is InChI=1S/C30H27N5O4/c1-17-15-23-24(16-20(17)18-10-8-12-22-26(18)19-9-5-6-11-21(19)31-22)35(14-7-3-2-4-13-25(36)37)28-27(32-23)29(38)34-30(39)33-28/h5-6,8-12,15-16,31H,2-4,7,13-14H2,1H3,(H,36,37)(H,34,38,39). The molecule has 4 aromatic rings. The number of H-pyrrole nitrogens is 2. The number of nitrogens with zero attached hydrogens (tertiary/aromatic N) is 3. The zero-order valence-corrected chi connectivity index (χ0v) is 21.5. The van der Waals surface area contributed by atoms with Crippen molar-refractivity contribution in [2.24, 2.45) is 0 Å². The van der Waals surface area contributed by atoms with Crippen molar-refractivity contribution in [3.63, 3.8) is 0 Å². The number of unbranched alkanes of at least 4 members (excludes halogenated alkanes) is 3. The summed E-state index contributed by atoms with van der Waals surface area (Å²) >= 11 is 0. The van der Waals surface area contributed by atoms with Gasteiger partial charge < -0.3 is 14.7 Å². The quantitative estimate of drug-likeness (QED) is 0.186. The molecule has 0 fully saturated rings. The summed E-state index contributed by atoms with van der Waals surface area (Å²) in [6, 6.07) is 18.5. The van der Waals surface area contributed by atoms with Crippen LogP contribution in [0.5, 0.6) is 0 Å². The molecule has 0 atom stereocenters. The molecule has 2 aliphatic heterocycles. The highest BCUT2D eigenvalue weighted by atomic mass is 16.4. The van der Waals surface area contributed by atoms with Gasteiger partial charge in [0.15, 0.2) is 11.5 Å². The van der Waals surface area contributed by atoms with E-state index in [-0.39, 0.29) is 17.9 Å². The summed E-state index contributed by atoms with van der Waals surface area (Å²) in [5, 5.41) is 11.2. The fraction of sp³-hybridized carbons (Fsp3) is 0.233. The van der Waals surface area contributed by atoms with Gasteiger partial charge >= 0.3 is 11.7 Å². The molecule has 3 N–H and O–H groups in total. The summed E-state index contributed by atoms with van der Waals surface area (Å²) in [5.74, 6) is -0.545. The molecular weight excluding hydrogens is 494 g/mol. The molecule has 9 heteroatoms. The van der Waals surface area contributed by atoms with Crippen LogP contribution in [-0.4, -0.2) is 35.6 Å². The first-order chi connectivity index (χ1) is 18.9. The summed E-state index contributed by atoms with van der Waals surface area (Å²) < 4.78 is 1.91. The lowest BCUT2D eigenvalue weighted by Gasteiger charge is -2.19. The van der Waals surface area contributed by atoms with Crippen LogP contribution in [0.1, 0.15) is 37.7 Å². The summed E-state index contributed by atoms with van der Waals surface area (Å²) in [7, 11) is 0. The first-order valence-corrected chi connectivity index (χ1v) is 13.1. The molecule has 0 saturated carbocycles. The maximum absolute atomic E-state index is 12.7. The van der Waals surface area contributed by atoms with Crippen LogP contribution in [0.25, 0.3) is 55.5 Å². The fourth-order valence-electron chi connectivity index (χ4n) is 5.49. The summed E-state index contributed by atoms with van der Waals surface area (Å²) in [4.78, 5) is 50.2. The van der Waals surface area contributed by atoms with Crippen molar-refractivity contribution in [1.29, 1.82) is 0 Å². The minimum atomic E-state index is -0.796. The second-order valence-electron chi connectivity index (χ2n) is 9.92. The van der Waals surface area contributed by atoms with E-state index in [1.165, 1.54) is 0 Å². The number of hydrogen-bond donors (Lipinski definition) is 3. The molecule has 39 heavy (non-hydrogen) atoms. The third-order valence-electron chi connectivity index (χ3n) is 7.30. The van der Waals surface area contributed by atoms with Crippen LogP contribution in [0.15, 0.2) is 64.2 Å². The Bertz CT molecular complexity index is 1970. The smallest absolute Gasteiger partial charge is 0.349 e. The number of carbonyl (C=O) groups is 1. The van der Waals surface area contributed by atoms with E-state index < -0.39 is 17.2 Å². The van der Waals surface area contributed by atoms with Crippen LogP contribution in [0.4, 0.5) is 0 Å². The molecule has 0 saturated heterocycles. The Hall–Kier alpha value is -4.79. The van der Waals surface area contributed by atoms with Crippen LogP contribution in [0.3, 0.4) is 0 Å². The number of aliphatic carboxylic acids is 1. The number of aromatic amines is 2. The molecule has 0 radical (unpaired) electrons. The van der Waals surface area contributed by atoms with Crippen molar-refractivity contribution in [2.45, 2.75) is 45.6 Å². The van der Waals surface area contributed by atoms with E-state index in [9.17, 15) is 14.4 Å². The Morgan fingerprint density at radius 2 is 1.69 bits per heavy atom. The molecule has 2 aliphatic rings. The van der Waals surface area contributed by atoms with E-state index in [2.05, 4.69) is 50.3 Å². The largest absolute Gasteiger partial charge is 0.481 e. The van der Waals surface area contributed by atoms with Crippen molar-refractivity contribution in [3.8, 4) is 22.6 Å². The van der Waals surface area contributed by atoms with E-state index in [0.29, 0.717) is 18.5 Å². The number of carboxylic acid groups (broad SMARTS) is 1. The van der Waals surface area contributed by atoms with E-state index in [4.69, 9.17) is 5.11 Å². The minimum absolute atomic E-state index is 0.124. The Morgan fingerprint density at radius 1 is 0.897 bits per heavy atom. The Kier molecular flexibility index (Phi) is 6.18. The van der Waals surface area contributed by atoms with Gasteiger partial charge in [-0.05, 0) is 60.7 Å². The lowest BCUT2D eigenvalue weighted by molar-refractivity contribution is -0.137. The molecule has 3 aromatic carbocycles. The number of fused-ring (bicyclic) bond motifs is 5. The molecule has 1 aromatic heterocycles. The number of aromatic nitrogens is 5. The second-order valence-corrected chi connectivity index (χ2v) is 9.92. The zero-order valence-electron chi connectivity index (χ0n) is 21.5. The number of nitrogens with one attached hydrogen (secondary N) is 2. The highest BCUT2D eigenvalue weighted by Crippen LogP contribution is 2.37. The van der Waals surface area contributed by atoms with Gasteiger partial charge in [0.05, 0.1) is 11.0 Å². The van der Waals surface area contributed by atoms with Crippen LogP contribution in [0, 0.1) is 6.92 Å². The molecule has 196 valence electrons. The molecule has 0 aliphatic carbocycles. The molecule has 0 amide bonds. The first kappa shape index (κ1) is 24.5. The Morgan fingerprint density at radius 3 is 2.54 bits per heavy atom. The van der Waals surface area contributed by atoms with Gasteiger partial charge in [0.25, 0.3) is 5.56 Å². The molecular formula is C30H27N5O4. The first-order valence-electron chi connectivity index (χ1n) is 13.1. The third kappa shape index (κ3) is 4.46. The summed E-state index contributed by atoms with van der Waals surface area (Å²) in [6.45, 7) is 2.54. The van der Waals surface area contributed by atoms with E-state index in [0.717, 1.165) is 63.3 Å². The maximum Gasteiger partial charge on any atom is 0.349 e. The number of aryl methyl sites for hydroxylation is 2. The zero-order chi connectivity index (χ0) is 27.1. The highest BCUT2D eigenvalue weighted by Gasteiger charge is 2.20. The van der Waals surface area contributed by atoms with Gasteiger partial charge in [-0.1, -0.05) is 43.2 Å². The molecule has 0 bridgehead atoms. The van der Waals surface area contributed by atoms with E-state index >= 15 is 0 Å². The number of rotatable bonds is 8. The van der Waals surface area contributed by atoms with E-state index in [1.54, 1.807) is 0 Å². The average molecular weight is 522 g/mol. The summed E-state index contributed by atoms with van der Waals surface area (Å²) in [5.41, 5.74) is 5.51. The maximum atomic E-state index is 12.7. The lowest BCUT2D eigenvalue weighted by Crippen LogP contribution is -2.29. The Balaban J connectivity index is 1.53. The fourth-order valence-corrected chi connectivity index (χ4v) is 5.49. The minimum Gasteiger partial charge on any atom is -0.481 e. The van der Waals surface area contributed by atoms with Crippen molar-refractivity contribution in [2.75, 3.05) is 0 Å². The van der Waals surface area contributed by atoms with Crippen LogP contribution < -0.4 is 11.2 Å². The number of benzene rings is 3. The van der Waals surface area contributed by atoms with Gasteiger partial charge in [0.2, 0.25) is 0 Å². The van der Waals surface area contributed by atoms with Gasteiger partial charge in [0, 0.05) is 34.8 Å². The van der Waals surface area contributed by atoms with Crippen LogP contribution >= 0.6 is 0 Å². The average Bonchev–Trinajstić information content (AvgIpc) is 3.29. The highest BCUT2D eigenvalue weighted by molar-refractivity contribution is 6.14. The van der Waals surface area contributed by atoms with Crippen LogP contribution in [0.2, 0.25) is 0 Å². The molecule has 3 heterocycles. The van der Waals surface area contributed by atoms with Gasteiger partial charge in [0.1, 0.15) is 0 Å². The van der Waals surface area contributed by atoms with Gasteiger partial charge in [-0.15, -0.1) is 0 Å².